The maximum Gasteiger partial charge on any atom is 0.343 e. The highest BCUT2D eigenvalue weighted by molar-refractivity contribution is 5.92. The van der Waals surface area contributed by atoms with Gasteiger partial charge in [0.1, 0.15) is 17.2 Å². The minimum absolute atomic E-state index is 0.313. The van der Waals surface area contributed by atoms with Crippen LogP contribution in [0.5, 0.6) is 17.2 Å². The molecule has 0 aliphatic heterocycles. The molecular formula is C29H29NO7. The molecule has 0 radical (unpaired) electrons. The summed E-state index contributed by atoms with van der Waals surface area (Å²) in [5, 5.41) is 0. The Morgan fingerprint density at radius 1 is 0.703 bits per heavy atom. The van der Waals surface area contributed by atoms with E-state index < -0.39 is 17.9 Å². The lowest BCUT2D eigenvalue weighted by molar-refractivity contribution is -0.137. The van der Waals surface area contributed by atoms with Gasteiger partial charge in [0.05, 0.1) is 24.3 Å². The van der Waals surface area contributed by atoms with Crippen LogP contribution >= 0.6 is 0 Å². The summed E-state index contributed by atoms with van der Waals surface area (Å²) in [6.07, 6.45) is 2.51. The number of carbonyl (C=O) groups is 3. The van der Waals surface area contributed by atoms with Gasteiger partial charge in [-0.05, 0) is 85.6 Å². The van der Waals surface area contributed by atoms with E-state index in [4.69, 9.17) is 18.9 Å². The highest BCUT2D eigenvalue weighted by Gasteiger charge is 2.12. The fourth-order valence-electron chi connectivity index (χ4n) is 3.12. The summed E-state index contributed by atoms with van der Waals surface area (Å²) < 4.78 is 21.3. The Bertz CT molecular complexity index is 1200. The van der Waals surface area contributed by atoms with E-state index in [1.165, 1.54) is 0 Å². The van der Waals surface area contributed by atoms with E-state index in [1.807, 2.05) is 31.1 Å². The van der Waals surface area contributed by atoms with Crippen molar-refractivity contribution in [3.05, 3.63) is 96.6 Å². The number of rotatable bonds is 12. The number of hydrogen-bond donors (Lipinski definition) is 0. The zero-order valence-corrected chi connectivity index (χ0v) is 20.8. The quantitative estimate of drug-likeness (QED) is 0.146. The van der Waals surface area contributed by atoms with Crippen LogP contribution in [0.4, 0.5) is 5.69 Å². The smallest absolute Gasteiger partial charge is 0.343 e. The number of carbonyl (C=O) groups excluding carboxylic acids is 3. The molecule has 3 aromatic rings. The molecule has 0 atom stereocenters. The van der Waals surface area contributed by atoms with Crippen LogP contribution in [-0.4, -0.2) is 45.2 Å². The molecule has 0 spiro atoms. The highest BCUT2D eigenvalue weighted by Crippen LogP contribution is 2.21. The van der Waals surface area contributed by atoms with Gasteiger partial charge in [0.15, 0.2) is 0 Å². The Labute approximate surface area is 216 Å². The fourth-order valence-corrected chi connectivity index (χ4v) is 3.12. The van der Waals surface area contributed by atoms with Crippen molar-refractivity contribution >= 4 is 23.6 Å². The van der Waals surface area contributed by atoms with Crippen molar-refractivity contribution in [2.45, 2.75) is 12.8 Å². The van der Waals surface area contributed by atoms with E-state index in [0.717, 1.165) is 11.8 Å². The van der Waals surface area contributed by atoms with Gasteiger partial charge in [-0.1, -0.05) is 6.58 Å². The van der Waals surface area contributed by atoms with E-state index in [9.17, 15) is 14.4 Å². The molecule has 0 heterocycles. The highest BCUT2D eigenvalue weighted by atomic mass is 16.5. The van der Waals surface area contributed by atoms with Crippen LogP contribution in [0, 0.1) is 0 Å². The minimum Gasteiger partial charge on any atom is -0.494 e. The number of ether oxygens (including phenoxy) is 4. The molecule has 0 aromatic heterocycles. The Morgan fingerprint density at radius 3 is 1.65 bits per heavy atom. The molecule has 0 N–H and O–H groups in total. The zero-order valence-electron chi connectivity index (χ0n) is 20.8. The van der Waals surface area contributed by atoms with Crippen molar-refractivity contribution in [3.8, 4) is 17.2 Å². The number of nitrogens with zero attached hydrogens (tertiary/aromatic N) is 1. The molecule has 0 unspecified atom stereocenters. The van der Waals surface area contributed by atoms with Gasteiger partial charge in [-0.3, -0.25) is 0 Å². The molecule has 0 bridgehead atoms. The van der Waals surface area contributed by atoms with Crippen LogP contribution in [0.3, 0.4) is 0 Å². The molecule has 8 heteroatoms. The predicted molar refractivity (Wildman–Crippen MR) is 139 cm³/mol. The molecule has 0 aliphatic rings. The molecule has 0 fully saturated rings. The molecule has 192 valence electrons. The van der Waals surface area contributed by atoms with E-state index in [2.05, 4.69) is 6.58 Å². The number of anilines is 1. The van der Waals surface area contributed by atoms with Crippen LogP contribution in [0.2, 0.25) is 0 Å². The summed E-state index contributed by atoms with van der Waals surface area (Å²) in [5.41, 5.74) is 1.77. The normalized spacial score (nSPS) is 10.2. The zero-order chi connectivity index (χ0) is 26.6. The van der Waals surface area contributed by atoms with E-state index in [1.54, 1.807) is 60.7 Å². The van der Waals surface area contributed by atoms with Gasteiger partial charge in [-0.15, -0.1) is 0 Å². The third kappa shape index (κ3) is 8.54. The van der Waals surface area contributed by atoms with Crippen molar-refractivity contribution in [2.24, 2.45) is 0 Å². The Morgan fingerprint density at radius 2 is 1.16 bits per heavy atom. The van der Waals surface area contributed by atoms with Crippen LogP contribution in [-0.2, 0) is 9.53 Å². The van der Waals surface area contributed by atoms with Gasteiger partial charge in [0, 0.05) is 25.9 Å². The largest absolute Gasteiger partial charge is 0.494 e. The van der Waals surface area contributed by atoms with E-state index in [-0.39, 0.29) is 0 Å². The topological polar surface area (TPSA) is 91.4 Å². The van der Waals surface area contributed by atoms with Crippen LogP contribution in [0.1, 0.15) is 33.6 Å². The first-order valence-corrected chi connectivity index (χ1v) is 11.7. The lowest BCUT2D eigenvalue weighted by Crippen LogP contribution is -2.11. The fraction of sp³-hybridized carbons (Fsp3) is 0.207. The van der Waals surface area contributed by atoms with Crippen LogP contribution in [0.15, 0.2) is 85.5 Å². The summed E-state index contributed by atoms with van der Waals surface area (Å²) in [6, 6.07) is 19.9. The SMILES string of the molecule is C=CC(=O)OCCCCOc1ccc(C(=O)Oc2ccc(OC(=O)c3ccc(N(C)C)cc3)cc2)cc1. The molecule has 0 saturated heterocycles. The van der Waals surface area contributed by atoms with Gasteiger partial charge in [0.25, 0.3) is 0 Å². The molecule has 8 nitrogen and oxygen atoms in total. The number of hydrogen-bond acceptors (Lipinski definition) is 8. The van der Waals surface area contributed by atoms with Gasteiger partial charge < -0.3 is 23.8 Å². The van der Waals surface area contributed by atoms with Gasteiger partial charge in [-0.25, -0.2) is 14.4 Å². The summed E-state index contributed by atoms with van der Waals surface area (Å²) in [7, 11) is 3.84. The summed E-state index contributed by atoms with van der Waals surface area (Å²) in [6.45, 7) is 4.10. The third-order valence-electron chi connectivity index (χ3n) is 5.17. The Hall–Kier alpha value is -4.59. The van der Waals surface area contributed by atoms with Gasteiger partial charge in [-0.2, -0.15) is 0 Å². The molecule has 3 rings (SSSR count). The van der Waals surface area contributed by atoms with Gasteiger partial charge >= 0.3 is 17.9 Å². The maximum absolute atomic E-state index is 12.5. The summed E-state index contributed by atoms with van der Waals surface area (Å²) in [5.74, 6) is -0.179. The maximum atomic E-state index is 12.5. The standard InChI is InChI=1S/C29H29NO7/c1-4-27(31)35-20-6-5-19-34-24-13-9-22(10-14-24)29(33)37-26-17-15-25(16-18-26)36-28(32)21-7-11-23(12-8-21)30(2)3/h4,7-18H,1,5-6,19-20H2,2-3H3. The monoisotopic (exact) mass is 503 g/mol. The van der Waals surface area contributed by atoms with E-state index >= 15 is 0 Å². The summed E-state index contributed by atoms with van der Waals surface area (Å²) in [4.78, 5) is 37.7. The van der Waals surface area contributed by atoms with Crippen LogP contribution < -0.4 is 19.1 Å². The summed E-state index contributed by atoms with van der Waals surface area (Å²) >= 11 is 0. The number of benzene rings is 3. The van der Waals surface area contributed by atoms with Crippen molar-refractivity contribution in [1.82, 2.24) is 0 Å². The average Bonchev–Trinajstić information content (AvgIpc) is 2.91. The number of unbranched alkanes of at least 4 members (excludes halogenated alkanes) is 1. The lowest BCUT2D eigenvalue weighted by atomic mass is 10.2. The first kappa shape index (κ1) is 27.0. The van der Waals surface area contributed by atoms with Crippen molar-refractivity contribution in [2.75, 3.05) is 32.2 Å². The van der Waals surface area contributed by atoms with Crippen molar-refractivity contribution in [1.29, 1.82) is 0 Å². The van der Waals surface area contributed by atoms with Gasteiger partial charge in [0.2, 0.25) is 0 Å². The second-order valence-electron chi connectivity index (χ2n) is 8.14. The second-order valence-corrected chi connectivity index (χ2v) is 8.14. The van der Waals surface area contributed by atoms with E-state index in [0.29, 0.717) is 54.4 Å². The molecule has 3 aromatic carbocycles. The third-order valence-corrected chi connectivity index (χ3v) is 5.17. The van der Waals surface area contributed by atoms with Crippen LogP contribution in [0.25, 0.3) is 0 Å². The Kier molecular flexibility index (Phi) is 9.84. The average molecular weight is 504 g/mol. The number of esters is 3. The van der Waals surface area contributed by atoms with Crippen molar-refractivity contribution in [3.63, 3.8) is 0 Å². The first-order valence-electron chi connectivity index (χ1n) is 11.7. The second kappa shape index (κ2) is 13.5. The lowest BCUT2D eigenvalue weighted by Gasteiger charge is -2.12. The molecule has 0 aliphatic carbocycles. The first-order chi connectivity index (χ1) is 17.9. The molecule has 0 amide bonds. The molecule has 37 heavy (non-hydrogen) atoms. The predicted octanol–water partition coefficient (Wildman–Crippen LogP) is 5.08. The van der Waals surface area contributed by atoms with Crippen molar-refractivity contribution < 1.29 is 33.3 Å². The minimum atomic E-state index is -0.527. The molecule has 0 saturated carbocycles. The molecular weight excluding hydrogens is 474 g/mol. The Balaban J connectivity index is 1.44.